The molecule has 0 radical (unpaired) electrons. The molecule has 5 nitrogen and oxygen atoms in total. The van der Waals surface area contributed by atoms with Crippen molar-refractivity contribution in [1.82, 2.24) is 14.1 Å². The number of rotatable bonds is 2. The minimum atomic E-state index is -3.10. The third-order valence-electron chi connectivity index (χ3n) is 2.96. The molecular formula is C10H17N3O2S. The van der Waals surface area contributed by atoms with Crippen molar-refractivity contribution in [2.45, 2.75) is 32.9 Å². The normalized spacial score (nSPS) is 17.8. The molecular weight excluding hydrogens is 226 g/mol. The number of hydrogen-bond donors (Lipinski definition) is 0. The van der Waals surface area contributed by atoms with Gasteiger partial charge in [0.25, 0.3) is 0 Å². The number of sulfonamides is 1. The molecule has 0 bridgehead atoms. The van der Waals surface area contributed by atoms with Crippen LogP contribution >= 0.6 is 0 Å². The van der Waals surface area contributed by atoms with Gasteiger partial charge in [-0.25, -0.2) is 8.42 Å². The molecule has 0 aliphatic carbocycles. The minimum Gasteiger partial charge on any atom is -0.267 e. The summed E-state index contributed by atoms with van der Waals surface area (Å²) in [5, 5.41) is 4.29. The highest BCUT2D eigenvalue weighted by Crippen LogP contribution is 2.24. The topological polar surface area (TPSA) is 55.2 Å². The van der Waals surface area contributed by atoms with Crippen molar-refractivity contribution >= 4 is 10.0 Å². The zero-order chi connectivity index (χ0) is 11.9. The average Bonchev–Trinajstić information content (AvgIpc) is 2.58. The molecule has 0 saturated carbocycles. The van der Waals surface area contributed by atoms with Crippen LogP contribution in [0.1, 0.15) is 31.0 Å². The summed E-state index contributed by atoms with van der Waals surface area (Å²) in [6, 6.07) is 0. The van der Waals surface area contributed by atoms with E-state index in [-0.39, 0.29) is 0 Å². The van der Waals surface area contributed by atoms with Crippen LogP contribution < -0.4 is 0 Å². The van der Waals surface area contributed by atoms with E-state index in [4.69, 9.17) is 0 Å². The Balaban J connectivity index is 2.35. The second-order valence-corrected chi connectivity index (χ2v) is 6.50. The van der Waals surface area contributed by atoms with E-state index in [9.17, 15) is 8.42 Å². The molecule has 1 aliphatic heterocycles. The van der Waals surface area contributed by atoms with Gasteiger partial charge in [0.1, 0.15) is 0 Å². The highest BCUT2D eigenvalue weighted by atomic mass is 32.2. The summed E-state index contributed by atoms with van der Waals surface area (Å²) in [7, 11) is -3.10. The molecule has 0 amide bonds. The average molecular weight is 243 g/mol. The fourth-order valence-corrected chi connectivity index (χ4v) is 2.78. The molecule has 0 N–H and O–H groups in total. The smallest absolute Gasteiger partial charge is 0.211 e. The van der Waals surface area contributed by atoms with Crippen molar-refractivity contribution in [3.63, 3.8) is 0 Å². The Morgan fingerprint density at radius 3 is 2.62 bits per heavy atom. The van der Waals surface area contributed by atoms with Gasteiger partial charge in [-0.2, -0.15) is 9.40 Å². The number of hydrogen-bond acceptors (Lipinski definition) is 3. The van der Waals surface area contributed by atoms with Gasteiger partial charge in [-0.15, -0.1) is 0 Å². The predicted molar refractivity (Wildman–Crippen MR) is 61.6 cm³/mol. The minimum absolute atomic E-state index is 0.378. The predicted octanol–water partition coefficient (Wildman–Crippen LogP) is 0.782. The molecule has 1 aromatic rings. The first kappa shape index (κ1) is 11.6. The van der Waals surface area contributed by atoms with Crippen molar-refractivity contribution < 1.29 is 8.42 Å². The number of fused-ring (bicyclic) bond motifs is 1. The van der Waals surface area contributed by atoms with Gasteiger partial charge >= 0.3 is 0 Å². The Labute approximate surface area is 96.1 Å². The summed E-state index contributed by atoms with van der Waals surface area (Å²) in [5.74, 6) is 0.378. The first-order valence-corrected chi connectivity index (χ1v) is 7.24. The van der Waals surface area contributed by atoms with E-state index < -0.39 is 10.0 Å². The van der Waals surface area contributed by atoms with Gasteiger partial charge in [-0.05, 0) is 11.5 Å². The molecule has 0 spiro atoms. The fraction of sp³-hybridized carbons (Fsp3) is 0.700. The van der Waals surface area contributed by atoms with Crippen LogP contribution in [-0.2, 0) is 23.1 Å². The van der Waals surface area contributed by atoms with Crippen LogP contribution in [-0.4, -0.2) is 35.3 Å². The Morgan fingerprint density at radius 1 is 1.38 bits per heavy atom. The zero-order valence-electron chi connectivity index (χ0n) is 9.84. The lowest BCUT2D eigenvalue weighted by atomic mass is 10.0. The maximum Gasteiger partial charge on any atom is 0.211 e. The number of nitrogens with zero attached hydrogens (tertiary/aromatic N) is 3. The van der Waals surface area contributed by atoms with Gasteiger partial charge in [0.05, 0.1) is 31.2 Å². The van der Waals surface area contributed by atoms with E-state index in [1.807, 2.05) is 10.9 Å². The summed E-state index contributed by atoms with van der Waals surface area (Å²) in [5.41, 5.74) is 2.18. The molecule has 2 rings (SSSR count). The van der Waals surface area contributed by atoms with Crippen molar-refractivity contribution in [1.29, 1.82) is 0 Å². The quantitative estimate of drug-likeness (QED) is 0.771. The Kier molecular flexibility index (Phi) is 2.79. The van der Waals surface area contributed by atoms with Crippen molar-refractivity contribution in [2.75, 3.05) is 12.8 Å². The molecule has 0 unspecified atom stereocenters. The number of aromatic nitrogens is 2. The second-order valence-electron chi connectivity index (χ2n) is 4.52. The Hall–Kier alpha value is -0.880. The SMILES string of the molecule is CC(C)c1cnn2c1CN(S(C)(=O)=O)CC2. The van der Waals surface area contributed by atoms with Crippen molar-refractivity contribution in [2.24, 2.45) is 0 Å². The molecule has 16 heavy (non-hydrogen) atoms. The third-order valence-corrected chi connectivity index (χ3v) is 4.21. The lowest BCUT2D eigenvalue weighted by Crippen LogP contribution is -2.38. The maximum absolute atomic E-state index is 11.5. The van der Waals surface area contributed by atoms with Crippen LogP contribution in [0.15, 0.2) is 6.20 Å². The maximum atomic E-state index is 11.5. The van der Waals surface area contributed by atoms with Crippen LogP contribution in [0.25, 0.3) is 0 Å². The summed E-state index contributed by atoms with van der Waals surface area (Å²) >= 11 is 0. The zero-order valence-corrected chi connectivity index (χ0v) is 10.7. The Bertz CT molecular complexity index is 490. The standard InChI is InChI=1S/C10H17N3O2S/c1-8(2)9-6-11-13-5-4-12(7-10(9)13)16(3,14)15/h6,8H,4-5,7H2,1-3H3. The highest BCUT2D eigenvalue weighted by molar-refractivity contribution is 7.88. The van der Waals surface area contributed by atoms with Gasteiger partial charge in [0.2, 0.25) is 10.0 Å². The molecule has 6 heteroatoms. The summed E-state index contributed by atoms with van der Waals surface area (Å²) in [6.07, 6.45) is 3.11. The van der Waals surface area contributed by atoms with Gasteiger partial charge in [0.15, 0.2) is 0 Å². The van der Waals surface area contributed by atoms with Gasteiger partial charge in [-0.3, -0.25) is 4.68 Å². The molecule has 1 aliphatic rings. The van der Waals surface area contributed by atoms with E-state index in [0.29, 0.717) is 25.6 Å². The lowest BCUT2D eigenvalue weighted by Gasteiger charge is -2.26. The van der Waals surface area contributed by atoms with Crippen LogP contribution in [0, 0.1) is 0 Å². The highest BCUT2D eigenvalue weighted by Gasteiger charge is 2.26. The van der Waals surface area contributed by atoms with Gasteiger partial charge in [-0.1, -0.05) is 13.8 Å². The van der Waals surface area contributed by atoms with E-state index in [0.717, 1.165) is 11.3 Å². The van der Waals surface area contributed by atoms with Crippen molar-refractivity contribution in [3.8, 4) is 0 Å². The van der Waals surface area contributed by atoms with Gasteiger partial charge < -0.3 is 0 Å². The first-order valence-electron chi connectivity index (χ1n) is 5.39. The molecule has 0 fully saturated rings. The molecule has 0 aromatic carbocycles. The van der Waals surface area contributed by atoms with E-state index >= 15 is 0 Å². The van der Waals surface area contributed by atoms with Crippen LogP contribution in [0.4, 0.5) is 0 Å². The largest absolute Gasteiger partial charge is 0.267 e. The van der Waals surface area contributed by atoms with Crippen LogP contribution in [0.2, 0.25) is 0 Å². The van der Waals surface area contributed by atoms with Crippen molar-refractivity contribution in [3.05, 3.63) is 17.5 Å². The molecule has 0 saturated heterocycles. The van der Waals surface area contributed by atoms with Crippen LogP contribution in [0.3, 0.4) is 0 Å². The van der Waals surface area contributed by atoms with Crippen LogP contribution in [0.5, 0.6) is 0 Å². The second kappa shape index (κ2) is 3.85. The summed E-state index contributed by atoms with van der Waals surface area (Å²) in [4.78, 5) is 0. The molecule has 0 atom stereocenters. The van der Waals surface area contributed by atoms with E-state index in [1.54, 1.807) is 0 Å². The molecule has 90 valence electrons. The third kappa shape index (κ3) is 1.99. The summed E-state index contributed by atoms with van der Waals surface area (Å²) < 4.78 is 26.4. The van der Waals surface area contributed by atoms with E-state index in [2.05, 4.69) is 18.9 Å². The van der Waals surface area contributed by atoms with E-state index in [1.165, 1.54) is 10.6 Å². The monoisotopic (exact) mass is 243 g/mol. The lowest BCUT2D eigenvalue weighted by molar-refractivity contribution is 0.327. The summed E-state index contributed by atoms with van der Waals surface area (Å²) in [6.45, 7) is 5.81. The fourth-order valence-electron chi connectivity index (χ4n) is 2.01. The van der Waals surface area contributed by atoms with Gasteiger partial charge in [0, 0.05) is 6.54 Å². The Morgan fingerprint density at radius 2 is 2.06 bits per heavy atom. The molecule has 1 aromatic heterocycles. The molecule has 2 heterocycles. The first-order chi connectivity index (χ1) is 7.39.